The highest BCUT2D eigenvalue weighted by Crippen LogP contribution is 2.22. The molecule has 7 nitrogen and oxygen atoms in total. The van der Waals surface area contributed by atoms with Crippen molar-refractivity contribution in [1.82, 2.24) is 9.21 Å². The Morgan fingerprint density at radius 2 is 1.85 bits per heavy atom. The summed E-state index contributed by atoms with van der Waals surface area (Å²) in [6, 6.07) is 11.9. The van der Waals surface area contributed by atoms with Gasteiger partial charge in [-0.15, -0.1) is 11.3 Å². The molecule has 0 spiro atoms. The third kappa shape index (κ3) is 4.30. The average molecular weight is 406 g/mol. The zero-order valence-corrected chi connectivity index (χ0v) is 16.4. The summed E-state index contributed by atoms with van der Waals surface area (Å²) in [4.78, 5) is 14.2. The number of hydrogen-bond donors (Lipinski definition) is 0. The molecule has 1 saturated heterocycles. The van der Waals surface area contributed by atoms with Gasteiger partial charge in [0.2, 0.25) is 0 Å². The van der Waals surface area contributed by atoms with Crippen LogP contribution in [0.25, 0.3) is 0 Å². The van der Waals surface area contributed by atoms with E-state index in [1.165, 1.54) is 15.6 Å². The molecular formula is C18H19N3O4S2. The third-order valence-corrected chi connectivity index (χ3v) is 7.56. The van der Waals surface area contributed by atoms with Crippen LogP contribution in [0.15, 0.2) is 46.0 Å². The largest absolute Gasteiger partial charge is 0.481 e. The number of ether oxygens (including phenoxy) is 1. The number of piperazine rings is 1. The summed E-state index contributed by atoms with van der Waals surface area (Å²) in [5, 5.41) is 10.5. The van der Waals surface area contributed by atoms with Crippen molar-refractivity contribution >= 4 is 27.3 Å². The number of carbonyl (C=O) groups excluding carboxylic acids is 1. The number of nitriles is 1. The Balaban J connectivity index is 1.57. The molecule has 1 atom stereocenters. The van der Waals surface area contributed by atoms with Gasteiger partial charge in [-0.3, -0.25) is 4.79 Å². The van der Waals surface area contributed by atoms with Gasteiger partial charge in [-0.05, 0) is 42.6 Å². The van der Waals surface area contributed by atoms with Crippen molar-refractivity contribution in [1.29, 1.82) is 5.26 Å². The SMILES string of the molecule is C[C@@H](Oc1ccc(C#N)cc1)C(=O)N1CCN(S(=O)(=O)c2cccs2)CC1. The average Bonchev–Trinajstić information content (AvgIpc) is 3.24. The number of thiophene rings is 1. The summed E-state index contributed by atoms with van der Waals surface area (Å²) >= 11 is 1.19. The van der Waals surface area contributed by atoms with Crippen LogP contribution >= 0.6 is 11.3 Å². The molecule has 0 radical (unpaired) electrons. The molecule has 2 heterocycles. The lowest BCUT2D eigenvalue weighted by Gasteiger charge is -2.34. The highest BCUT2D eigenvalue weighted by Gasteiger charge is 2.32. The van der Waals surface area contributed by atoms with E-state index in [0.29, 0.717) is 28.6 Å². The zero-order chi connectivity index (χ0) is 19.4. The number of benzene rings is 1. The summed E-state index contributed by atoms with van der Waals surface area (Å²) in [5.74, 6) is 0.321. The Morgan fingerprint density at radius 3 is 2.41 bits per heavy atom. The molecule has 9 heteroatoms. The standard InChI is InChI=1S/C18H19N3O4S2/c1-14(25-16-6-4-15(13-19)5-7-16)18(22)20-8-10-21(11-9-20)27(23,24)17-3-2-12-26-17/h2-7,12,14H,8-11H2,1H3/t14-/m1/s1. The van der Waals surface area contributed by atoms with Gasteiger partial charge in [-0.25, -0.2) is 8.42 Å². The van der Waals surface area contributed by atoms with Gasteiger partial charge >= 0.3 is 0 Å². The summed E-state index contributed by atoms with van der Waals surface area (Å²) in [6.07, 6.45) is -0.696. The fourth-order valence-corrected chi connectivity index (χ4v) is 5.37. The maximum atomic E-state index is 12.6. The number of amides is 1. The summed E-state index contributed by atoms with van der Waals surface area (Å²) in [7, 11) is -3.49. The molecule has 1 amide bonds. The van der Waals surface area contributed by atoms with Crippen molar-refractivity contribution in [3.63, 3.8) is 0 Å². The minimum absolute atomic E-state index is 0.187. The van der Waals surface area contributed by atoms with Gasteiger partial charge < -0.3 is 9.64 Å². The van der Waals surface area contributed by atoms with Crippen molar-refractivity contribution in [3.05, 3.63) is 47.3 Å². The van der Waals surface area contributed by atoms with Crippen molar-refractivity contribution in [2.24, 2.45) is 0 Å². The van der Waals surface area contributed by atoms with Gasteiger partial charge in [-0.2, -0.15) is 9.57 Å². The molecule has 1 aromatic carbocycles. The second-order valence-electron chi connectivity index (χ2n) is 6.06. The van der Waals surface area contributed by atoms with Crippen LogP contribution in [0.2, 0.25) is 0 Å². The maximum absolute atomic E-state index is 12.6. The van der Waals surface area contributed by atoms with Crippen molar-refractivity contribution < 1.29 is 17.9 Å². The first-order valence-electron chi connectivity index (χ1n) is 8.41. The molecule has 0 bridgehead atoms. The fraction of sp³-hybridized carbons (Fsp3) is 0.333. The third-order valence-electron chi connectivity index (χ3n) is 4.28. The van der Waals surface area contributed by atoms with Crippen molar-refractivity contribution in [2.45, 2.75) is 17.2 Å². The molecule has 0 N–H and O–H groups in total. The van der Waals surface area contributed by atoms with E-state index in [-0.39, 0.29) is 19.0 Å². The smallest absolute Gasteiger partial charge is 0.263 e. The Kier molecular flexibility index (Phi) is 5.79. The molecule has 27 heavy (non-hydrogen) atoms. The highest BCUT2D eigenvalue weighted by molar-refractivity contribution is 7.91. The lowest BCUT2D eigenvalue weighted by Crippen LogP contribution is -2.53. The van der Waals surface area contributed by atoms with Gasteiger partial charge in [0.05, 0.1) is 11.6 Å². The minimum atomic E-state index is -3.49. The number of rotatable bonds is 5. The molecule has 0 aliphatic carbocycles. The first kappa shape index (κ1) is 19.4. The predicted octanol–water partition coefficient (Wildman–Crippen LogP) is 1.92. The van der Waals surface area contributed by atoms with E-state index in [1.54, 1.807) is 53.6 Å². The topological polar surface area (TPSA) is 90.7 Å². The first-order chi connectivity index (χ1) is 12.9. The molecule has 0 saturated carbocycles. The monoisotopic (exact) mass is 405 g/mol. The Morgan fingerprint density at radius 1 is 1.19 bits per heavy atom. The number of hydrogen-bond acceptors (Lipinski definition) is 6. The van der Waals surface area contributed by atoms with E-state index in [4.69, 9.17) is 10.00 Å². The van der Waals surface area contributed by atoms with E-state index in [1.807, 2.05) is 6.07 Å². The summed E-state index contributed by atoms with van der Waals surface area (Å²) in [5.41, 5.74) is 0.518. The van der Waals surface area contributed by atoms with Crippen LogP contribution in [0.1, 0.15) is 12.5 Å². The first-order valence-corrected chi connectivity index (χ1v) is 10.7. The van der Waals surface area contributed by atoms with E-state index in [0.717, 1.165) is 0 Å². The van der Waals surface area contributed by atoms with Gasteiger partial charge in [0.15, 0.2) is 6.10 Å². The molecule has 0 unspecified atom stereocenters. The van der Waals surface area contributed by atoms with Gasteiger partial charge in [-0.1, -0.05) is 6.07 Å². The minimum Gasteiger partial charge on any atom is -0.481 e. The van der Waals surface area contributed by atoms with Crippen molar-refractivity contribution in [2.75, 3.05) is 26.2 Å². The molecule has 1 aromatic heterocycles. The van der Waals surface area contributed by atoms with Crippen LogP contribution in [0, 0.1) is 11.3 Å². The normalized spacial score (nSPS) is 16.5. The van der Waals surface area contributed by atoms with E-state index in [9.17, 15) is 13.2 Å². The molecule has 3 rings (SSSR count). The summed E-state index contributed by atoms with van der Waals surface area (Å²) in [6.45, 7) is 2.83. The predicted molar refractivity (Wildman–Crippen MR) is 101 cm³/mol. The Bertz CT molecular complexity index is 926. The van der Waals surface area contributed by atoms with E-state index >= 15 is 0 Å². The highest BCUT2D eigenvalue weighted by atomic mass is 32.2. The quantitative estimate of drug-likeness (QED) is 0.758. The zero-order valence-electron chi connectivity index (χ0n) is 14.7. The lowest BCUT2D eigenvalue weighted by molar-refractivity contribution is -0.139. The van der Waals surface area contributed by atoms with Crippen LogP contribution in [0.3, 0.4) is 0 Å². The molecular weight excluding hydrogens is 386 g/mol. The van der Waals surface area contributed by atoms with Gasteiger partial charge in [0.25, 0.3) is 15.9 Å². The molecule has 142 valence electrons. The Labute approximate surface area is 162 Å². The maximum Gasteiger partial charge on any atom is 0.263 e. The van der Waals surface area contributed by atoms with E-state index in [2.05, 4.69) is 0 Å². The van der Waals surface area contributed by atoms with E-state index < -0.39 is 16.1 Å². The molecule has 1 fully saturated rings. The Hall–Kier alpha value is -2.41. The second-order valence-corrected chi connectivity index (χ2v) is 9.17. The van der Waals surface area contributed by atoms with Crippen molar-refractivity contribution in [3.8, 4) is 11.8 Å². The van der Waals surface area contributed by atoms with Crippen LogP contribution in [0.5, 0.6) is 5.75 Å². The van der Waals surface area contributed by atoms with Crippen LogP contribution in [0.4, 0.5) is 0 Å². The summed E-state index contributed by atoms with van der Waals surface area (Å²) < 4.78 is 32.5. The van der Waals surface area contributed by atoms with Crippen LogP contribution in [-0.4, -0.2) is 55.8 Å². The van der Waals surface area contributed by atoms with Gasteiger partial charge in [0, 0.05) is 26.2 Å². The molecule has 1 aliphatic heterocycles. The van der Waals surface area contributed by atoms with Crippen LogP contribution < -0.4 is 4.74 Å². The second kappa shape index (κ2) is 8.08. The fourth-order valence-electron chi connectivity index (χ4n) is 2.81. The van der Waals surface area contributed by atoms with Crippen LogP contribution in [-0.2, 0) is 14.8 Å². The van der Waals surface area contributed by atoms with Gasteiger partial charge in [0.1, 0.15) is 9.96 Å². The lowest BCUT2D eigenvalue weighted by atomic mass is 10.2. The number of sulfonamides is 1. The number of nitrogens with zero attached hydrogens (tertiary/aromatic N) is 3. The molecule has 1 aliphatic rings. The molecule has 2 aromatic rings. The number of carbonyl (C=O) groups is 1.